The minimum Gasteiger partial charge on any atom is -0.368 e. The van der Waals surface area contributed by atoms with Gasteiger partial charge in [0, 0.05) is 44.0 Å². The Kier molecular flexibility index (Phi) is 4.61. The summed E-state index contributed by atoms with van der Waals surface area (Å²) in [5.74, 6) is 0.116. The normalized spacial score (nSPS) is 20.5. The summed E-state index contributed by atoms with van der Waals surface area (Å²) in [4.78, 5) is 31.3. The van der Waals surface area contributed by atoms with Crippen molar-refractivity contribution in [3.05, 3.63) is 60.7 Å². The number of nitrogens with zero attached hydrogens (tertiary/aromatic N) is 3. The molecule has 0 radical (unpaired) electrons. The van der Waals surface area contributed by atoms with Crippen LogP contribution in [0.1, 0.15) is 12.8 Å². The van der Waals surface area contributed by atoms with Gasteiger partial charge in [0.05, 0.1) is 0 Å². The fraction of sp³-hybridized carbons (Fsp3) is 0.333. The van der Waals surface area contributed by atoms with E-state index in [4.69, 9.17) is 0 Å². The van der Waals surface area contributed by atoms with Crippen LogP contribution in [-0.4, -0.2) is 48.9 Å². The molecule has 2 aromatic carbocycles. The SMILES string of the molecule is O=C(C1CCC(=O)N1c1ccccc1)N1CCN(c2ccccc2)CC1. The third kappa shape index (κ3) is 3.17. The molecule has 26 heavy (non-hydrogen) atoms. The first-order chi connectivity index (χ1) is 12.7. The maximum Gasteiger partial charge on any atom is 0.245 e. The molecule has 0 aliphatic carbocycles. The molecule has 5 heteroatoms. The lowest BCUT2D eigenvalue weighted by Crippen LogP contribution is -2.54. The largest absolute Gasteiger partial charge is 0.368 e. The summed E-state index contributed by atoms with van der Waals surface area (Å²) in [6.07, 6.45) is 1.04. The van der Waals surface area contributed by atoms with Crippen LogP contribution in [0.15, 0.2) is 60.7 Å². The molecule has 2 aromatic rings. The number of hydrogen-bond donors (Lipinski definition) is 0. The topological polar surface area (TPSA) is 43.9 Å². The van der Waals surface area contributed by atoms with Gasteiger partial charge in [-0.05, 0) is 30.7 Å². The van der Waals surface area contributed by atoms with Gasteiger partial charge in [-0.25, -0.2) is 0 Å². The lowest BCUT2D eigenvalue weighted by Gasteiger charge is -2.38. The molecule has 0 aromatic heterocycles. The highest BCUT2D eigenvalue weighted by Gasteiger charge is 2.39. The van der Waals surface area contributed by atoms with E-state index < -0.39 is 0 Å². The first-order valence-electron chi connectivity index (χ1n) is 9.20. The summed E-state index contributed by atoms with van der Waals surface area (Å²) in [6, 6.07) is 19.4. The molecule has 2 amide bonds. The van der Waals surface area contributed by atoms with Gasteiger partial charge in [-0.2, -0.15) is 0 Å². The van der Waals surface area contributed by atoms with Crippen molar-refractivity contribution in [3.63, 3.8) is 0 Å². The third-order valence-electron chi connectivity index (χ3n) is 5.24. The molecule has 2 aliphatic heterocycles. The van der Waals surface area contributed by atoms with Crippen LogP contribution in [0.2, 0.25) is 0 Å². The minimum absolute atomic E-state index is 0.0393. The van der Waals surface area contributed by atoms with Crippen molar-refractivity contribution >= 4 is 23.2 Å². The van der Waals surface area contributed by atoms with Crippen molar-refractivity contribution in [2.45, 2.75) is 18.9 Å². The summed E-state index contributed by atoms with van der Waals surface area (Å²) < 4.78 is 0. The number of para-hydroxylation sites is 2. The van der Waals surface area contributed by atoms with Crippen molar-refractivity contribution < 1.29 is 9.59 Å². The number of rotatable bonds is 3. The summed E-state index contributed by atoms with van der Waals surface area (Å²) >= 11 is 0. The van der Waals surface area contributed by atoms with E-state index in [0.717, 1.165) is 18.8 Å². The quantitative estimate of drug-likeness (QED) is 0.855. The number of carbonyl (C=O) groups is 2. The van der Waals surface area contributed by atoms with E-state index in [1.807, 2.05) is 53.4 Å². The molecule has 0 saturated carbocycles. The number of hydrogen-bond acceptors (Lipinski definition) is 3. The zero-order valence-corrected chi connectivity index (χ0v) is 14.8. The van der Waals surface area contributed by atoms with Crippen LogP contribution >= 0.6 is 0 Å². The Labute approximate surface area is 153 Å². The average Bonchev–Trinajstić information content (AvgIpc) is 3.10. The van der Waals surface area contributed by atoms with E-state index in [9.17, 15) is 9.59 Å². The van der Waals surface area contributed by atoms with E-state index in [0.29, 0.717) is 25.9 Å². The van der Waals surface area contributed by atoms with Crippen LogP contribution in [0.25, 0.3) is 0 Å². The molecule has 5 nitrogen and oxygen atoms in total. The monoisotopic (exact) mass is 349 g/mol. The second-order valence-corrected chi connectivity index (χ2v) is 6.80. The Hall–Kier alpha value is -2.82. The third-order valence-corrected chi connectivity index (χ3v) is 5.24. The van der Waals surface area contributed by atoms with Gasteiger partial charge in [0.1, 0.15) is 6.04 Å². The van der Waals surface area contributed by atoms with Crippen molar-refractivity contribution in [3.8, 4) is 0 Å². The van der Waals surface area contributed by atoms with Gasteiger partial charge >= 0.3 is 0 Å². The molecule has 2 saturated heterocycles. The van der Waals surface area contributed by atoms with Gasteiger partial charge in [0.2, 0.25) is 11.8 Å². The summed E-state index contributed by atoms with van der Waals surface area (Å²) in [6.45, 7) is 3.03. The molecule has 2 fully saturated rings. The zero-order chi connectivity index (χ0) is 17.9. The number of piperazine rings is 1. The van der Waals surface area contributed by atoms with Crippen molar-refractivity contribution in [2.75, 3.05) is 36.0 Å². The van der Waals surface area contributed by atoms with Gasteiger partial charge in [-0.15, -0.1) is 0 Å². The molecular formula is C21H23N3O2. The molecule has 134 valence electrons. The molecule has 2 heterocycles. The molecule has 4 rings (SSSR count). The Morgan fingerprint density at radius 2 is 1.38 bits per heavy atom. The van der Waals surface area contributed by atoms with Crippen LogP contribution in [0.3, 0.4) is 0 Å². The maximum absolute atomic E-state index is 13.1. The molecular weight excluding hydrogens is 326 g/mol. The van der Waals surface area contributed by atoms with E-state index in [2.05, 4.69) is 17.0 Å². The Morgan fingerprint density at radius 1 is 0.808 bits per heavy atom. The van der Waals surface area contributed by atoms with Crippen LogP contribution in [-0.2, 0) is 9.59 Å². The number of carbonyl (C=O) groups excluding carboxylic acids is 2. The van der Waals surface area contributed by atoms with E-state index in [1.165, 1.54) is 5.69 Å². The summed E-state index contributed by atoms with van der Waals surface area (Å²) in [7, 11) is 0. The standard InChI is InChI=1S/C21H23N3O2/c25-20-12-11-19(24(20)18-9-5-2-6-10-18)21(26)23-15-13-22(14-16-23)17-7-3-1-4-8-17/h1-10,19H,11-16H2. The smallest absolute Gasteiger partial charge is 0.245 e. The number of anilines is 2. The van der Waals surface area contributed by atoms with Crippen LogP contribution in [0, 0.1) is 0 Å². The minimum atomic E-state index is -0.367. The fourth-order valence-corrected chi connectivity index (χ4v) is 3.86. The van der Waals surface area contributed by atoms with Crippen LogP contribution < -0.4 is 9.80 Å². The van der Waals surface area contributed by atoms with Gasteiger partial charge in [-0.1, -0.05) is 36.4 Å². The van der Waals surface area contributed by atoms with Crippen molar-refractivity contribution in [1.29, 1.82) is 0 Å². The predicted octanol–water partition coefficient (Wildman–Crippen LogP) is 2.53. The highest BCUT2D eigenvalue weighted by molar-refractivity contribution is 6.03. The zero-order valence-electron chi connectivity index (χ0n) is 14.8. The van der Waals surface area contributed by atoms with Crippen molar-refractivity contribution in [1.82, 2.24) is 4.90 Å². The van der Waals surface area contributed by atoms with Gasteiger partial charge in [0.15, 0.2) is 0 Å². The first kappa shape index (κ1) is 16.6. The second-order valence-electron chi connectivity index (χ2n) is 6.80. The Morgan fingerprint density at radius 3 is 2.00 bits per heavy atom. The molecule has 2 aliphatic rings. The maximum atomic E-state index is 13.1. The molecule has 0 spiro atoms. The summed E-state index contributed by atoms with van der Waals surface area (Å²) in [5, 5.41) is 0. The van der Waals surface area contributed by atoms with Gasteiger partial charge in [-0.3, -0.25) is 14.5 Å². The average molecular weight is 349 g/mol. The lowest BCUT2D eigenvalue weighted by atomic mass is 10.1. The summed E-state index contributed by atoms with van der Waals surface area (Å²) in [5.41, 5.74) is 2.01. The molecule has 0 N–H and O–H groups in total. The second kappa shape index (κ2) is 7.20. The molecule has 0 bridgehead atoms. The molecule has 1 atom stereocenters. The molecule has 1 unspecified atom stereocenters. The van der Waals surface area contributed by atoms with E-state index >= 15 is 0 Å². The fourth-order valence-electron chi connectivity index (χ4n) is 3.86. The van der Waals surface area contributed by atoms with Crippen molar-refractivity contribution in [2.24, 2.45) is 0 Å². The van der Waals surface area contributed by atoms with E-state index in [1.54, 1.807) is 4.90 Å². The highest BCUT2D eigenvalue weighted by Crippen LogP contribution is 2.28. The highest BCUT2D eigenvalue weighted by atomic mass is 16.2. The first-order valence-corrected chi connectivity index (χ1v) is 9.20. The van der Waals surface area contributed by atoms with Gasteiger partial charge < -0.3 is 9.80 Å². The van der Waals surface area contributed by atoms with Gasteiger partial charge in [0.25, 0.3) is 0 Å². The van der Waals surface area contributed by atoms with Crippen LogP contribution in [0.5, 0.6) is 0 Å². The number of benzene rings is 2. The lowest BCUT2D eigenvalue weighted by molar-refractivity contribution is -0.133. The Balaban J connectivity index is 1.44. The predicted molar refractivity (Wildman–Crippen MR) is 102 cm³/mol. The Bertz CT molecular complexity index is 770. The van der Waals surface area contributed by atoms with Crippen LogP contribution in [0.4, 0.5) is 11.4 Å². The van der Waals surface area contributed by atoms with E-state index in [-0.39, 0.29) is 17.9 Å². The number of amides is 2.